The molecule has 0 N–H and O–H groups in total. The number of rotatable bonds is 6. The molecule has 0 amide bonds. The zero-order valence-corrected chi connectivity index (χ0v) is 17.1. The number of hydrogen-bond donors (Lipinski definition) is 0. The standard InChI is InChI=1S/C23H24N4O2/c1-5-15-8-7-9-16(6-2)22(15)18-12-17-10-11-27(19(17)14-24-18)23-25-20(28-3)13-21(26-23)29-4/h7-14H,5-6H2,1-4H3. The van der Waals surface area contributed by atoms with Crippen molar-refractivity contribution in [3.05, 3.63) is 59.9 Å². The summed E-state index contributed by atoms with van der Waals surface area (Å²) >= 11 is 0. The van der Waals surface area contributed by atoms with Gasteiger partial charge < -0.3 is 9.47 Å². The molecular formula is C23H24N4O2. The Bertz CT molecular complexity index is 1120. The fourth-order valence-corrected chi connectivity index (χ4v) is 3.63. The average molecular weight is 388 g/mol. The van der Waals surface area contributed by atoms with Crippen molar-refractivity contribution >= 4 is 10.9 Å². The molecule has 1 aromatic carbocycles. The van der Waals surface area contributed by atoms with E-state index >= 15 is 0 Å². The first-order chi connectivity index (χ1) is 14.2. The van der Waals surface area contributed by atoms with Crippen LogP contribution in [0.2, 0.25) is 0 Å². The van der Waals surface area contributed by atoms with Crippen LogP contribution in [0.1, 0.15) is 25.0 Å². The minimum Gasteiger partial charge on any atom is -0.481 e. The van der Waals surface area contributed by atoms with Gasteiger partial charge in [0, 0.05) is 17.1 Å². The second-order valence-electron chi connectivity index (χ2n) is 6.73. The Balaban J connectivity index is 1.85. The van der Waals surface area contributed by atoms with Crippen LogP contribution in [0.15, 0.2) is 48.8 Å². The van der Waals surface area contributed by atoms with E-state index in [0.29, 0.717) is 17.7 Å². The van der Waals surface area contributed by atoms with Gasteiger partial charge in [-0.15, -0.1) is 0 Å². The lowest BCUT2D eigenvalue weighted by Crippen LogP contribution is -2.03. The van der Waals surface area contributed by atoms with Gasteiger partial charge in [-0.1, -0.05) is 32.0 Å². The van der Waals surface area contributed by atoms with Gasteiger partial charge in [-0.05, 0) is 36.1 Å². The minimum absolute atomic E-state index is 0.447. The van der Waals surface area contributed by atoms with Gasteiger partial charge in [0.25, 0.3) is 0 Å². The van der Waals surface area contributed by atoms with E-state index < -0.39 is 0 Å². The van der Waals surface area contributed by atoms with E-state index in [2.05, 4.69) is 54.1 Å². The van der Waals surface area contributed by atoms with Crippen LogP contribution in [0.4, 0.5) is 0 Å². The fourth-order valence-electron chi connectivity index (χ4n) is 3.63. The number of aromatic nitrogens is 4. The zero-order chi connectivity index (χ0) is 20.4. The minimum atomic E-state index is 0.447. The van der Waals surface area contributed by atoms with Crippen LogP contribution in [0, 0.1) is 0 Å². The molecular weight excluding hydrogens is 364 g/mol. The summed E-state index contributed by atoms with van der Waals surface area (Å²) in [7, 11) is 3.15. The monoisotopic (exact) mass is 388 g/mol. The second kappa shape index (κ2) is 7.91. The van der Waals surface area contributed by atoms with Gasteiger partial charge in [0.1, 0.15) is 0 Å². The quantitative estimate of drug-likeness (QED) is 0.482. The van der Waals surface area contributed by atoms with E-state index in [0.717, 1.165) is 29.4 Å². The third-order valence-electron chi connectivity index (χ3n) is 5.13. The van der Waals surface area contributed by atoms with Crippen molar-refractivity contribution in [1.29, 1.82) is 0 Å². The summed E-state index contributed by atoms with van der Waals surface area (Å²) in [4.78, 5) is 13.7. The number of hydrogen-bond acceptors (Lipinski definition) is 5. The molecule has 0 fully saturated rings. The van der Waals surface area contributed by atoms with Gasteiger partial charge in [0.2, 0.25) is 17.7 Å². The van der Waals surface area contributed by atoms with E-state index in [-0.39, 0.29) is 0 Å². The predicted octanol–water partition coefficient (Wildman–Crippen LogP) is 4.62. The molecule has 29 heavy (non-hydrogen) atoms. The van der Waals surface area contributed by atoms with Crippen LogP contribution < -0.4 is 9.47 Å². The number of nitrogens with zero attached hydrogens (tertiary/aromatic N) is 4. The summed E-state index contributed by atoms with van der Waals surface area (Å²) in [6.45, 7) is 4.36. The number of ether oxygens (including phenoxy) is 2. The molecule has 148 valence electrons. The average Bonchev–Trinajstić information content (AvgIpc) is 3.21. The van der Waals surface area contributed by atoms with Crippen LogP contribution in [-0.4, -0.2) is 33.7 Å². The largest absolute Gasteiger partial charge is 0.481 e. The maximum Gasteiger partial charge on any atom is 0.240 e. The molecule has 6 heteroatoms. The van der Waals surface area contributed by atoms with Crippen molar-refractivity contribution in [2.75, 3.05) is 14.2 Å². The van der Waals surface area contributed by atoms with Gasteiger partial charge in [-0.3, -0.25) is 9.55 Å². The Kier molecular flexibility index (Phi) is 5.16. The van der Waals surface area contributed by atoms with E-state index in [1.807, 2.05) is 17.0 Å². The van der Waals surface area contributed by atoms with Crippen molar-refractivity contribution < 1.29 is 9.47 Å². The molecule has 3 heterocycles. The first kappa shape index (κ1) is 18.9. The maximum atomic E-state index is 5.28. The summed E-state index contributed by atoms with van der Waals surface area (Å²) < 4.78 is 12.4. The van der Waals surface area contributed by atoms with Crippen LogP contribution in [-0.2, 0) is 12.8 Å². The fraction of sp³-hybridized carbons (Fsp3) is 0.261. The summed E-state index contributed by atoms with van der Waals surface area (Å²) in [5.74, 6) is 1.37. The molecule has 4 rings (SSSR count). The van der Waals surface area contributed by atoms with E-state index in [1.54, 1.807) is 20.3 Å². The van der Waals surface area contributed by atoms with Crippen molar-refractivity contribution in [3.63, 3.8) is 0 Å². The summed E-state index contributed by atoms with van der Waals surface area (Å²) in [5, 5.41) is 1.08. The zero-order valence-electron chi connectivity index (χ0n) is 17.1. The van der Waals surface area contributed by atoms with Gasteiger partial charge >= 0.3 is 0 Å². The third kappa shape index (κ3) is 3.42. The molecule has 4 aromatic rings. The lowest BCUT2D eigenvalue weighted by atomic mass is 9.94. The first-order valence-corrected chi connectivity index (χ1v) is 9.74. The van der Waals surface area contributed by atoms with Crippen molar-refractivity contribution in [1.82, 2.24) is 19.5 Å². The van der Waals surface area contributed by atoms with Gasteiger partial charge in [0.15, 0.2) is 0 Å². The molecule has 0 spiro atoms. The summed E-state index contributed by atoms with van der Waals surface area (Å²) in [6.07, 6.45) is 5.77. The maximum absolute atomic E-state index is 5.28. The molecule has 0 saturated heterocycles. The van der Waals surface area contributed by atoms with Crippen molar-refractivity contribution in [2.24, 2.45) is 0 Å². The lowest BCUT2D eigenvalue weighted by Gasteiger charge is -2.13. The topological polar surface area (TPSA) is 62.1 Å². The molecule has 0 bridgehead atoms. The highest BCUT2D eigenvalue weighted by Crippen LogP contribution is 2.30. The van der Waals surface area contributed by atoms with Crippen LogP contribution in [0.5, 0.6) is 11.8 Å². The lowest BCUT2D eigenvalue weighted by molar-refractivity contribution is 0.370. The molecule has 0 atom stereocenters. The summed E-state index contributed by atoms with van der Waals surface area (Å²) in [5.41, 5.74) is 5.80. The highest BCUT2D eigenvalue weighted by atomic mass is 16.5. The Morgan fingerprint density at radius 3 is 2.14 bits per heavy atom. The molecule has 6 nitrogen and oxygen atoms in total. The van der Waals surface area contributed by atoms with Gasteiger partial charge in [-0.25, -0.2) is 0 Å². The van der Waals surface area contributed by atoms with E-state index in [4.69, 9.17) is 14.5 Å². The molecule has 0 saturated carbocycles. The number of aryl methyl sites for hydroxylation is 2. The van der Waals surface area contributed by atoms with Crippen molar-refractivity contribution in [2.45, 2.75) is 26.7 Å². The molecule has 0 aliphatic rings. The number of benzene rings is 1. The molecule has 0 radical (unpaired) electrons. The van der Waals surface area contributed by atoms with Gasteiger partial charge in [0.05, 0.1) is 37.7 Å². The van der Waals surface area contributed by atoms with E-state index in [9.17, 15) is 0 Å². The number of methoxy groups -OCH3 is 2. The van der Waals surface area contributed by atoms with Crippen LogP contribution in [0.25, 0.3) is 28.1 Å². The highest BCUT2D eigenvalue weighted by Gasteiger charge is 2.14. The Labute approximate surface area is 170 Å². The molecule has 0 aliphatic carbocycles. The predicted molar refractivity (Wildman–Crippen MR) is 114 cm³/mol. The smallest absolute Gasteiger partial charge is 0.240 e. The summed E-state index contributed by atoms with van der Waals surface area (Å²) in [6, 6.07) is 12.3. The SMILES string of the molecule is CCc1cccc(CC)c1-c1cc2ccn(-c3nc(OC)cc(OC)n3)c2cn1. The molecule has 3 aromatic heterocycles. The van der Waals surface area contributed by atoms with Crippen LogP contribution >= 0.6 is 0 Å². The highest BCUT2D eigenvalue weighted by molar-refractivity contribution is 5.85. The Morgan fingerprint density at radius 1 is 0.897 bits per heavy atom. The first-order valence-electron chi connectivity index (χ1n) is 9.74. The molecule has 0 aliphatic heterocycles. The third-order valence-corrected chi connectivity index (χ3v) is 5.13. The normalized spacial score (nSPS) is 11.0. The number of fused-ring (bicyclic) bond motifs is 1. The Morgan fingerprint density at radius 2 is 1.55 bits per heavy atom. The molecule has 0 unspecified atom stereocenters. The van der Waals surface area contributed by atoms with Crippen LogP contribution in [0.3, 0.4) is 0 Å². The number of pyridine rings is 1. The van der Waals surface area contributed by atoms with Gasteiger partial charge in [-0.2, -0.15) is 9.97 Å². The Hall–Kier alpha value is -3.41. The second-order valence-corrected chi connectivity index (χ2v) is 6.73. The van der Waals surface area contributed by atoms with Crippen molar-refractivity contribution in [3.8, 4) is 29.0 Å². The van der Waals surface area contributed by atoms with E-state index in [1.165, 1.54) is 16.7 Å².